The van der Waals surface area contributed by atoms with E-state index < -0.39 is 0 Å². The van der Waals surface area contributed by atoms with Gasteiger partial charge in [-0.15, -0.1) is 11.3 Å². The van der Waals surface area contributed by atoms with Crippen LogP contribution < -0.4 is 5.56 Å². The Kier molecular flexibility index (Phi) is 3.39. The Labute approximate surface area is 130 Å². The molecular formula is C15H13N5OS. The number of nitrogens with zero attached hydrogens (tertiary/aromatic N) is 5. The van der Waals surface area contributed by atoms with Gasteiger partial charge in [0.25, 0.3) is 5.56 Å². The number of hydrogen-bond donors (Lipinski definition) is 0. The number of aryl methyl sites for hydroxylation is 1. The van der Waals surface area contributed by atoms with Crippen molar-refractivity contribution >= 4 is 27.8 Å². The van der Waals surface area contributed by atoms with Gasteiger partial charge in [0, 0.05) is 18.3 Å². The third kappa shape index (κ3) is 2.14. The summed E-state index contributed by atoms with van der Waals surface area (Å²) in [6.07, 6.45) is 1.59. The average molecular weight is 311 g/mol. The molecule has 0 N–H and O–H groups in total. The highest BCUT2D eigenvalue weighted by molar-refractivity contribution is 7.16. The fourth-order valence-corrected chi connectivity index (χ4v) is 3.02. The molecule has 0 radical (unpaired) electrons. The first-order chi connectivity index (χ1) is 10.5. The van der Waals surface area contributed by atoms with Crippen LogP contribution in [0.2, 0.25) is 0 Å². The van der Waals surface area contributed by atoms with Crippen molar-refractivity contribution in [3.63, 3.8) is 0 Å². The summed E-state index contributed by atoms with van der Waals surface area (Å²) in [6.45, 7) is 3.65. The number of rotatable bonds is 2. The van der Waals surface area contributed by atoms with Crippen molar-refractivity contribution in [1.82, 2.24) is 14.2 Å². The van der Waals surface area contributed by atoms with Gasteiger partial charge >= 0.3 is 0 Å². The van der Waals surface area contributed by atoms with E-state index in [0.717, 1.165) is 16.1 Å². The normalized spacial score (nSPS) is 11.4. The molecule has 3 rings (SSSR count). The van der Waals surface area contributed by atoms with Gasteiger partial charge in [0.05, 0.1) is 11.6 Å². The summed E-state index contributed by atoms with van der Waals surface area (Å²) in [5.41, 5.74) is 2.08. The molecule has 0 aliphatic rings. The van der Waals surface area contributed by atoms with Crippen LogP contribution in [-0.2, 0) is 7.05 Å². The standard InChI is InChI=1S/C15H13N5OS/c1-9-11(6-12(7-16)19(9)3)8-17-20-10(2)18-14-13(15(20)21)4-5-22-14/h4-6,8H,1-3H3/b17-8-. The van der Waals surface area contributed by atoms with Gasteiger partial charge in [-0.3, -0.25) is 4.79 Å². The van der Waals surface area contributed by atoms with Gasteiger partial charge in [-0.05, 0) is 31.4 Å². The fraction of sp³-hybridized carbons (Fsp3) is 0.200. The van der Waals surface area contributed by atoms with E-state index in [0.29, 0.717) is 16.9 Å². The molecule has 110 valence electrons. The summed E-state index contributed by atoms with van der Waals surface area (Å²) in [5, 5.41) is 15.7. The highest BCUT2D eigenvalue weighted by Gasteiger charge is 2.09. The predicted octanol–water partition coefficient (Wildman–Crippen LogP) is 2.17. The molecule has 0 bridgehead atoms. The summed E-state index contributed by atoms with van der Waals surface area (Å²) in [5.74, 6) is 0.533. The van der Waals surface area contributed by atoms with Gasteiger partial charge in [-0.1, -0.05) is 0 Å². The molecular weight excluding hydrogens is 298 g/mol. The van der Waals surface area contributed by atoms with Crippen molar-refractivity contribution in [2.45, 2.75) is 13.8 Å². The Morgan fingerprint density at radius 3 is 2.91 bits per heavy atom. The van der Waals surface area contributed by atoms with E-state index in [1.165, 1.54) is 16.0 Å². The zero-order valence-electron chi connectivity index (χ0n) is 12.4. The first kappa shape index (κ1) is 14.2. The van der Waals surface area contributed by atoms with Gasteiger partial charge in [-0.2, -0.15) is 15.0 Å². The Hall–Kier alpha value is -2.72. The average Bonchev–Trinajstić information content (AvgIpc) is 3.06. The molecule has 0 aliphatic carbocycles. The highest BCUT2D eigenvalue weighted by atomic mass is 32.1. The number of thiophene rings is 1. The molecule has 22 heavy (non-hydrogen) atoms. The SMILES string of the molecule is Cc1c(/C=N\n2c(C)nc3sccc3c2=O)cc(C#N)n1C. The smallest absolute Gasteiger partial charge is 0.282 e. The third-order valence-electron chi connectivity index (χ3n) is 3.64. The van der Waals surface area contributed by atoms with Crippen molar-refractivity contribution in [1.29, 1.82) is 5.26 Å². The van der Waals surface area contributed by atoms with E-state index >= 15 is 0 Å². The number of nitriles is 1. The quantitative estimate of drug-likeness (QED) is 0.681. The van der Waals surface area contributed by atoms with Crippen LogP contribution in [0.4, 0.5) is 0 Å². The molecule has 6 nitrogen and oxygen atoms in total. The molecule has 0 unspecified atom stereocenters. The largest absolute Gasteiger partial charge is 0.339 e. The number of fused-ring (bicyclic) bond motifs is 1. The number of aromatic nitrogens is 3. The second-order valence-corrected chi connectivity index (χ2v) is 5.80. The van der Waals surface area contributed by atoms with Crippen molar-refractivity contribution in [3.8, 4) is 6.07 Å². The summed E-state index contributed by atoms with van der Waals surface area (Å²) in [7, 11) is 1.82. The summed E-state index contributed by atoms with van der Waals surface area (Å²) >= 11 is 1.43. The summed E-state index contributed by atoms with van der Waals surface area (Å²) in [4.78, 5) is 17.5. The van der Waals surface area contributed by atoms with E-state index in [2.05, 4.69) is 16.2 Å². The molecule has 0 aromatic carbocycles. The summed E-state index contributed by atoms with van der Waals surface area (Å²) < 4.78 is 3.07. The maximum atomic E-state index is 12.4. The molecule has 0 spiro atoms. The minimum absolute atomic E-state index is 0.186. The lowest BCUT2D eigenvalue weighted by molar-refractivity contribution is 0.772. The second kappa shape index (κ2) is 5.24. The van der Waals surface area contributed by atoms with Gasteiger partial charge < -0.3 is 4.57 Å². The van der Waals surface area contributed by atoms with E-state index in [1.807, 2.05) is 19.4 Å². The molecule has 0 aliphatic heterocycles. The maximum Gasteiger partial charge on any atom is 0.282 e. The lowest BCUT2D eigenvalue weighted by atomic mass is 10.3. The summed E-state index contributed by atoms with van der Waals surface area (Å²) in [6, 6.07) is 5.62. The minimum Gasteiger partial charge on any atom is -0.339 e. The monoisotopic (exact) mass is 311 g/mol. The molecule has 0 fully saturated rings. The van der Waals surface area contributed by atoms with E-state index in [1.54, 1.807) is 29.8 Å². The Morgan fingerprint density at radius 2 is 2.23 bits per heavy atom. The molecule has 7 heteroatoms. The van der Waals surface area contributed by atoms with Crippen LogP contribution in [-0.4, -0.2) is 20.4 Å². The second-order valence-electron chi connectivity index (χ2n) is 4.90. The predicted molar refractivity (Wildman–Crippen MR) is 86.5 cm³/mol. The zero-order chi connectivity index (χ0) is 15.9. The maximum absolute atomic E-state index is 12.4. The van der Waals surface area contributed by atoms with Crippen molar-refractivity contribution in [2.24, 2.45) is 12.1 Å². The molecule has 3 aromatic heterocycles. The van der Waals surface area contributed by atoms with Gasteiger partial charge in [0.15, 0.2) is 0 Å². The first-order valence-electron chi connectivity index (χ1n) is 6.60. The van der Waals surface area contributed by atoms with Crippen LogP contribution in [0, 0.1) is 25.2 Å². The van der Waals surface area contributed by atoms with E-state index in [9.17, 15) is 4.79 Å². The topological polar surface area (TPSA) is 76.0 Å². The Balaban J connectivity index is 2.11. The molecule has 0 saturated heterocycles. The van der Waals surface area contributed by atoms with Crippen molar-refractivity contribution in [2.75, 3.05) is 0 Å². The number of hydrogen-bond acceptors (Lipinski definition) is 5. The van der Waals surface area contributed by atoms with Crippen molar-refractivity contribution < 1.29 is 0 Å². The minimum atomic E-state index is -0.186. The molecule has 0 amide bonds. The van der Waals surface area contributed by atoms with Gasteiger partial charge in [-0.25, -0.2) is 4.98 Å². The fourth-order valence-electron chi connectivity index (χ4n) is 2.22. The van der Waals surface area contributed by atoms with Crippen LogP contribution in [0.5, 0.6) is 0 Å². The lowest BCUT2D eigenvalue weighted by Crippen LogP contribution is -2.19. The Bertz CT molecular complexity index is 1000. The van der Waals surface area contributed by atoms with Gasteiger partial charge in [0.2, 0.25) is 0 Å². The van der Waals surface area contributed by atoms with Crippen LogP contribution >= 0.6 is 11.3 Å². The lowest BCUT2D eigenvalue weighted by Gasteiger charge is -2.02. The van der Waals surface area contributed by atoms with Gasteiger partial charge in [0.1, 0.15) is 22.4 Å². The molecule has 3 aromatic rings. The van der Waals surface area contributed by atoms with Crippen LogP contribution in [0.3, 0.4) is 0 Å². The van der Waals surface area contributed by atoms with Crippen LogP contribution in [0.15, 0.2) is 27.4 Å². The van der Waals surface area contributed by atoms with Crippen LogP contribution in [0.1, 0.15) is 22.8 Å². The zero-order valence-corrected chi connectivity index (χ0v) is 13.2. The molecule has 0 saturated carbocycles. The molecule has 3 heterocycles. The van der Waals surface area contributed by atoms with Crippen LogP contribution in [0.25, 0.3) is 10.2 Å². The molecule has 0 atom stereocenters. The Morgan fingerprint density at radius 1 is 1.45 bits per heavy atom. The highest BCUT2D eigenvalue weighted by Crippen LogP contribution is 2.15. The van der Waals surface area contributed by atoms with E-state index in [4.69, 9.17) is 5.26 Å². The third-order valence-corrected chi connectivity index (χ3v) is 4.45. The van der Waals surface area contributed by atoms with E-state index in [-0.39, 0.29) is 5.56 Å². The van der Waals surface area contributed by atoms with Crippen molar-refractivity contribution in [3.05, 3.63) is 50.6 Å². The first-order valence-corrected chi connectivity index (χ1v) is 7.48.